The number of carbonyl (C=O) groups is 1. The minimum atomic E-state index is -4.19. The number of nitrogens with zero attached hydrogens (tertiary/aromatic N) is 1. The van der Waals surface area contributed by atoms with Crippen molar-refractivity contribution < 1.29 is 22.7 Å². The smallest absolute Gasteiger partial charge is 0.327 e. The number of esters is 1. The number of hydrogen-bond donors (Lipinski definition) is 0. The Morgan fingerprint density at radius 3 is 2.34 bits per heavy atom. The fourth-order valence-electron chi connectivity index (χ4n) is 2.45. The molecule has 2 aromatic carbocycles. The molecule has 0 aliphatic rings. The highest BCUT2D eigenvalue weighted by Gasteiger charge is 2.30. The lowest BCUT2D eigenvalue weighted by Crippen LogP contribution is -2.37. The van der Waals surface area contributed by atoms with Gasteiger partial charge in [0.05, 0.1) is 23.4 Å². The summed E-state index contributed by atoms with van der Waals surface area (Å²) in [6.07, 6.45) is 0.461. The second-order valence-corrected chi connectivity index (χ2v) is 9.14. The van der Waals surface area contributed by atoms with Crippen molar-refractivity contribution in [3.63, 3.8) is 0 Å². The molecule has 2 aromatic rings. The first kappa shape index (κ1) is 23.3. The third kappa shape index (κ3) is 6.26. The highest BCUT2D eigenvalue weighted by molar-refractivity contribution is 7.93. The second-order valence-electron chi connectivity index (χ2n) is 6.47. The number of sulfonamides is 1. The van der Waals surface area contributed by atoms with Gasteiger partial charge in [-0.05, 0) is 62.7 Å². The normalized spacial score (nSPS) is 11.4. The van der Waals surface area contributed by atoms with Crippen molar-refractivity contribution in [3.8, 4) is 5.75 Å². The van der Waals surface area contributed by atoms with Crippen molar-refractivity contribution in [2.45, 2.75) is 38.2 Å². The van der Waals surface area contributed by atoms with E-state index in [-0.39, 0.29) is 26.7 Å². The maximum absolute atomic E-state index is 13.3. The Balaban J connectivity index is 2.46. The van der Waals surface area contributed by atoms with Gasteiger partial charge in [0.2, 0.25) is 0 Å². The summed E-state index contributed by atoms with van der Waals surface area (Å²) in [6.45, 7) is 5.38. The SMILES string of the molecule is CCCOc1ccc(N(CC(=O)OC(C)C)S(=O)(=O)c2cc(Cl)ccc2Cl)cc1. The second kappa shape index (κ2) is 10.2. The summed E-state index contributed by atoms with van der Waals surface area (Å²) in [6, 6.07) is 10.5. The van der Waals surface area contributed by atoms with Crippen molar-refractivity contribution in [1.82, 2.24) is 0 Å². The Kier molecular flexibility index (Phi) is 8.19. The van der Waals surface area contributed by atoms with E-state index in [1.54, 1.807) is 38.1 Å². The maximum atomic E-state index is 13.3. The van der Waals surface area contributed by atoms with Gasteiger partial charge in [-0.3, -0.25) is 9.10 Å². The van der Waals surface area contributed by atoms with Crippen LogP contribution in [0.15, 0.2) is 47.4 Å². The summed E-state index contributed by atoms with van der Waals surface area (Å²) in [5, 5.41) is 0.209. The van der Waals surface area contributed by atoms with E-state index >= 15 is 0 Å². The van der Waals surface area contributed by atoms with Gasteiger partial charge in [-0.2, -0.15) is 0 Å². The zero-order valence-corrected chi connectivity index (χ0v) is 18.7. The number of ether oxygens (including phenoxy) is 2. The number of halogens is 2. The Labute approximate surface area is 181 Å². The molecule has 0 aliphatic carbocycles. The summed E-state index contributed by atoms with van der Waals surface area (Å²) in [4.78, 5) is 12.1. The maximum Gasteiger partial charge on any atom is 0.327 e. The molecule has 2 rings (SSSR count). The van der Waals surface area contributed by atoms with Crippen LogP contribution < -0.4 is 9.04 Å². The van der Waals surface area contributed by atoms with Crippen molar-refractivity contribution in [1.29, 1.82) is 0 Å². The van der Waals surface area contributed by atoms with Crippen LogP contribution in [-0.4, -0.2) is 33.6 Å². The molecule has 0 fully saturated rings. The van der Waals surface area contributed by atoms with Crippen LogP contribution in [0, 0.1) is 0 Å². The van der Waals surface area contributed by atoms with Gasteiger partial charge in [-0.1, -0.05) is 30.1 Å². The molecule has 0 aliphatic heterocycles. The molecule has 29 heavy (non-hydrogen) atoms. The van der Waals surface area contributed by atoms with E-state index in [9.17, 15) is 13.2 Å². The van der Waals surface area contributed by atoms with E-state index in [1.165, 1.54) is 18.2 Å². The number of rotatable bonds is 9. The third-order valence-corrected chi connectivity index (χ3v) is 6.19. The Bertz CT molecular complexity index is 946. The number of anilines is 1. The number of carbonyl (C=O) groups excluding carboxylic acids is 1. The van der Waals surface area contributed by atoms with Gasteiger partial charge in [0.25, 0.3) is 10.0 Å². The predicted octanol–water partition coefficient (Wildman–Crippen LogP) is 4.93. The molecule has 0 aromatic heterocycles. The molecule has 0 amide bonds. The highest BCUT2D eigenvalue weighted by atomic mass is 35.5. The molecule has 0 bridgehead atoms. The van der Waals surface area contributed by atoms with Crippen molar-refractivity contribution in [2.24, 2.45) is 0 Å². The van der Waals surface area contributed by atoms with Gasteiger partial charge in [0, 0.05) is 5.02 Å². The first-order valence-electron chi connectivity index (χ1n) is 9.05. The van der Waals surface area contributed by atoms with E-state index < -0.39 is 22.5 Å². The molecular formula is C20H23Cl2NO5S. The highest BCUT2D eigenvalue weighted by Crippen LogP contribution is 2.31. The van der Waals surface area contributed by atoms with Crippen LogP contribution in [0.3, 0.4) is 0 Å². The average molecular weight is 460 g/mol. The third-order valence-electron chi connectivity index (χ3n) is 3.70. The first-order chi connectivity index (χ1) is 13.6. The Morgan fingerprint density at radius 2 is 1.76 bits per heavy atom. The first-order valence-corrected chi connectivity index (χ1v) is 11.2. The summed E-state index contributed by atoms with van der Waals surface area (Å²) < 4.78 is 38.3. The molecule has 158 valence electrons. The molecule has 0 unspecified atom stereocenters. The van der Waals surface area contributed by atoms with E-state index in [2.05, 4.69) is 0 Å². The fraction of sp³-hybridized carbons (Fsp3) is 0.350. The lowest BCUT2D eigenvalue weighted by molar-refractivity contribution is -0.145. The molecule has 0 N–H and O–H groups in total. The van der Waals surface area contributed by atoms with Crippen LogP contribution in [0.4, 0.5) is 5.69 Å². The summed E-state index contributed by atoms with van der Waals surface area (Å²) in [7, 11) is -4.19. The minimum Gasteiger partial charge on any atom is -0.494 e. The number of hydrogen-bond acceptors (Lipinski definition) is 5. The van der Waals surface area contributed by atoms with E-state index in [0.717, 1.165) is 10.7 Å². The van der Waals surface area contributed by atoms with Crippen molar-refractivity contribution >= 4 is 44.9 Å². The van der Waals surface area contributed by atoms with Crippen molar-refractivity contribution in [2.75, 3.05) is 17.5 Å². The van der Waals surface area contributed by atoms with Crippen LogP contribution in [-0.2, 0) is 19.6 Å². The zero-order valence-electron chi connectivity index (χ0n) is 16.4. The monoisotopic (exact) mass is 459 g/mol. The lowest BCUT2D eigenvalue weighted by Gasteiger charge is -2.25. The zero-order chi connectivity index (χ0) is 21.6. The topological polar surface area (TPSA) is 72.9 Å². The molecule has 0 radical (unpaired) electrons. The molecule has 9 heteroatoms. The molecular weight excluding hydrogens is 437 g/mol. The van der Waals surface area contributed by atoms with Gasteiger partial charge in [0.1, 0.15) is 17.2 Å². The molecule has 0 atom stereocenters. The van der Waals surface area contributed by atoms with Crippen LogP contribution in [0.2, 0.25) is 10.0 Å². The number of benzene rings is 2. The minimum absolute atomic E-state index is 0.000439. The van der Waals surface area contributed by atoms with Gasteiger partial charge in [-0.15, -0.1) is 0 Å². The lowest BCUT2D eigenvalue weighted by atomic mass is 10.3. The predicted molar refractivity (Wildman–Crippen MR) is 114 cm³/mol. The quantitative estimate of drug-likeness (QED) is 0.497. The van der Waals surface area contributed by atoms with Crippen LogP contribution in [0.25, 0.3) is 0 Å². The van der Waals surface area contributed by atoms with Gasteiger partial charge in [-0.25, -0.2) is 8.42 Å². The van der Waals surface area contributed by atoms with Crippen LogP contribution in [0.5, 0.6) is 5.75 Å². The van der Waals surface area contributed by atoms with Crippen LogP contribution in [0.1, 0.15) is 27.2 Å². The largest absolute Gasteiger partial charge is 0.494 e. The van der Waals surface area contributed by atoms with E-state index in [0.29, 0.717) is 12.4 Å². The molecule has 0 heterocycles. The summed E-state index contributed by atoms with van der Waals surface area (Å²) in [5.74, 6) is -0.0912. The van der Waals surface area contributed by atoms with E-state index in [1.807, 2.05) is 6.92 Å². The standard InChI is InChI=1S/C20H23Cl2NO5S/c1-4-11-27-17-8-6-16(7-9-17)23(13-20(24)28-14(2)3)29(25,26)19-12-15(21)5-10-18(19)22/h5-10,12,14H,4,11,13H2,1-3H3. The van der Waals surface area contributed by atoms with Gasteiger partial charge in [0.15, 0.2) is 0 Å². The summed E-state index contributed by atoms with van der Waals surface area (Å²) in [5.41, 5.74) is 0.269. The van der Waals surface area contributed by atoms with Gasteiger partial charge < -0.3 is 9.47 Å². The molecule has 0 spiro atoms. The molecule has 0 saturated heterocycles. The Morgan fingerprint density at radius 1 is 1.10 bits per heavy atom. The summed E-state index contributed by atoms with van der Waals surface area (Å²) >= 11 is 12.1. The fourth-order valence-corrected chi connectivity index (χ4v) is 4.60. The van der Waals surface area contributed by atoms with Crippen molar-refractivity contribution in [3.05, 3.63) is 52.5 Å². The van der Waals surface area contributed by atoms with Crippen LogP contribution >= 0.6 is 23.2 Å². The molecule has 0 saturated carbocycles. The van der Waals surface area contributed by atoms with E-state index in [4.69, 9.17) is 32.7 Å². The Hall–Kier alpha value is -1.96. The molecule has 6 nitrogen and oxygen atoms in total. The average Bonchev–Trinajstić information content (AvgIpc) is 2.66. The van der Waals surface area contributed by atoms with Gasteiger partial charge >= 0.3 is 5.97 Å².